The van der Waals surface area contributed by atoms with E-state index in [1.165, 1.54) is 11.1 Å². The van der Waals surface area contributed by atoms with Crippen LogP contribution in [0.25, 0.3) is 0 Å². The molecule has 5 nitrogen and oxygen atoms in total. The number of benzene rings is 2. The summed E-state index contributed by atoms with van der Waals surface area (Å²) in [6.07, 6.45) is 5.21. The number of amides is 1. The number of hydrogen-bond acceptors (Lipinski definition) is 4. The van der Waals surface area contributed by atoms with Crippen LogP contribution in [0.5, 0.6) is 5.75 Å². The highest BCUT2D eigenvalue weighted by molar-refractivity contribution is 5.97. The lowest BCUT2D eigenvalue weighted by Crippen LogP contribution is -2.32. The Bertz CT molecular complexity index is 955. The third kappa shape index (κ3) is 4.19. The van der Waals surface area contributed by atoms with Crippen molar-refractivity contribution >= 4 is 5.91 Å². The lowest BCUT2D eigenvalue weighted by molar-refractivity contribution is 0.0738. The van der Waals surface area contributed by atoms with Crippen LogP contribution in [0.15, 0.2) is 60.9 Å². The molecule has 142 valence electrons. The second-order valence-electron chi connectivity index (χ2n) is 7.06. The van der Waals surface area contributed by atoms with Crippen LogP contribution < -0.4 is 4.74 Å². The SMILES string of the molecule is Cc1ccc(CCc2ccc3c(c2)C(=O)N(Cc2ncccn2)CCO3)cc1. The Hall–Kier alpha value is -3.21. The Labute approximate surface area is 165 Å². The molecule has 0 fully saturated rings. The Balaban J connectivity index is 1.51. The standard InChI is InChI=1S/C23H23N3O2/c1-17-3-5-18(6-4-17)7-8-19-9-10-21-20(15-19)23(27)26(13-14-28-21)16-22-24-11-2-12-25-22/h2-6,9-12,15H,7-8,13-14,16H2,1H3. The second kappa shape index (κ2) is 8.21. The van der Waals surface area contributed by atoms with Gasteiger partial charge in [-0.3, -0.25) is 4.79 Å². The number of rotatable bonds is 5. The van der Waals surface area contributed by atoms with Crippen LogP contribution in [-0.2, 0) is 19.4 Å². The maximum atomic E-state index is 13.1. The molecule has 1 aliphatic heterocycles. The molecule has 5 heteroatoms. The maximum absolute atomic E-state index is 13.1. The van der Waals surface area contributed by atoms with Crippen molar-refractivity contribution in [1.82, 2.24) is 14.9 Å². The molecule has 0 radical (unpaired) electrons. The largest absolute Gasteiger partial charge is 0.491 e. The van der Waals surface area contributed by atoms with E-state index in [0.717, 1.165) is 18.4 Å². The van der Waals surface area contributed by atoms with Gasteiger partial charge in [-0.25, -0.2) is 9.97 Å². The highest BCUT2D eigenvalue weighted by Gasteiger charge is 2.24. The van der Waals surface area contributed by atoms with Crippen LogP contribution >= 0.6 is 0 Å². The molecule has 0 aliphatic carbocycles. The van der Waals surface area contributed by atoms with Gasteiger partial charge in [0.25, 0.3) is 5.91 Å². The van der Waals surface area contributed by atoms with Crippen molar-refractivity contribution in [1.29, 1.82) is 0 Å². The van der Waals surface area contributed by atoms with Crippen molar-refractivity contribution in [3.05, 3.63) is 89.0 Å². The summed E-state index contributed by atoms with van der Waals surface area (Å²) in [6.45, 7) is 3.46. The predicted molar refractivity (Wildman–Crippen MR) is 107 cm³/mol. The number of nitrogens with zero attached hydrogens (tertiary/aromatic N) is 3. The molecular formula is C23H23N3O2. The van der Waals surface area contributed by atoms with Crippen LogP contribution in [-0.4, -0.2) is 33.9 Å². The number of aryl methyl sites for hydroxylation is 3. The molecular weight excluding hydrogens is 350 g/mol. The van der Waals surface area contributed by atoms with Gasteiger partial charge in [0.2, 0.25) is 0 Å². The van der Waals surface area contributed by atoms with Crippen LogP contribution in [0, 0.1) is 6.92 Å². The maximum Gasteiger partial charge on any atom is 0.258 e. The second-order valence-corrected chi connectivity index (χ2v) is 7.06. The van der Waals surface area contributed by atoms with Crippen LogP contribution in [0.3, 0.4) is 0 Å². The van der Waals surface area contributed by atoms with Gasteiger partial charge in [-0.1, -0.05) is 35.9 Å². The van der Waals surface area contributed by atoms with E-state index in [0.29, 0.717) is 36.8 Å². The summed E-state index contributed by atoms with van der Waals surface area (Å²) in [5.41, 5.74) is 4.31. The van der Waals surface area contributed by atoms with Crippen molar-refractivity contribution in [2.24, 2.45) is 0 Å². The molecule has 1 amide bonds. The monoisotopic (exact) mass is 373 g/mol. The minimum atomic E-state index is -0.0304. The molecule has 2 aromatic carbocycles. The van der Waals surface area contributed by atoms with E-state index in [-0.39, 0.29) is 5.91 Å². The Kier molecular flexibility index (Phi) is 5.33. The molecule has 0 spiro atoms. The molecule has 1 aliphatic rings. The van der Waals surface area contributed by atoms with Gasteiger partial charge in [-0.05, 0) is 49.1 Å². The average molecular weight is 373 g/mol. The summed E-state index contributed by atoms with van der Waals surface area (Å²) in [6, 6.07) is 16.3. The minimum Gasteiger partial charge on any atom is -0.491 e. The average Bonchev–Trinajstić information content (AvgIpc) is 2.87. The lowest BCUT2D eigenvalue weighted by atomic mass is 10.0. The van der Waals surface area contributed by atoms with Gasteiger partial charge < -0.3 is 9.64 Å². The first-order valence-electron chi connectivity index (χ1n) is 9.55. The molecule has 4 rings (SSSR count). The molecule has 0 bridgehead atoms. The van der Waals surface area contributed by atoms with E-state index in [1.807, 2.05) is 12.1 Å². The molecule has 0 atom stereocenters. The Morgan fingerprint density at radius 1 is 1.00 bits per heavy atom. The number of ether oxygens (including phenoxy) is 1. The quantitative estimate of drug-likeness (QED) is 0.686. The van der Waals surface area contributed by atoms with Gasteiger partial charge in [0, 0.05) is 12.4 Å². The van der Waals surface area contributed by atoms with Crippen LogP contribution in [0.2, 0.25) is 0 Å². The highest BCUT2D eigenvalue weighted by Crippen LogP contribution is 2.25. The van der Waals surface area contributed by atoms with Crippen molar-refractivity contribution < 1.29 is 9.53 Å². The molecule has 3 aromatic rings. The van der Waals surface area contributed by atoms with E-state index in [2.05, 4.69) is 47.2 Å². The fourth-order valence-corrected chi connectivity index (χ4v) is 3.34. The van der Waals surface area contributed by atoms with Gasteiger partial charge in [-0.15, -0.1) is 0 Å². The van der Waals surface area contributed by atoms with Gasteiger partial charge in [0.1, 0.15) is 18.2 Å². The third-order valence-corrected chi connectivity index (χ3v) is 4.95. The zero-order valence-electron chi connectivity index (χ0n) is 16.0. The predicted octanol–water partition coefficient (Wildman–Crippen LogP) is 3.61. The van der Waals surface area contributed by atoms with Crippen molar-refractivity contribution in [3.8, 4) is 5.75 Å². The molecule has 0 saturated carbocycles. The van der Waals surface area contributed by atoms with Crippen molar-refractivity contribution in [3.63, 3.8) is 0 Å². The van der Waals surface area contributed by atoms with E-state index in [9.17, 15) is 4.79 Å². The summed E-state index contributed by atoms with van der Waals surface area (Å²) in [5, 5.41) is 0. The highest BCUT2D eigenvalue weighted by atomic mass is 16.5. The number of fused-ring (bicyclic) bond motifs is 1. The summed E-state index contributed by atoms with van der Waals surface area (Å²) in [7, 11) is 0. The fourth-order valence-electron chi connectivity index (χ4n) is 3.34. The number of aromatic nitrogens is 2. The summed E-state index contributed by atoms with van der Waals surface area (Å²) < 4.78 is 5.81. The first kappa shape index (κ1) is 18.2. The van der Waals surface area contributed by atoms with Crippen molar-refractivity contribution in [2.45, 2.75) is 26.3 Å². The smallest absolute Gasteiger partial charge is 0.258 e. The molecule has 28 heavy (non-hydrogen) atoms. The zero-order chi connectivity index (χ0) is 19.3. The minimum absolute atomic E-state index is 0.0304. The Morgan fingerprint density at radius 2 is 1.71 bits per heavy atom. The van der Waals surface area contributed by atoms with Gasteiger partial charge in [0.15, 0.2) is 0 Å². The molecule has 1 aromatic heterocycles. The normalized spacial score (nSPS) is 13.6. The summed E-state index contributed by atoms with van der Waals surface area (Å²) >= 11 is 0. The molecule has 0 saturated heterocycles. The Morgan fingerprint density at radius 3 is 2.50 bits per heavy atom. The molecule has 2 heterocycles. The van der Waals surface area contributed by atoms with E-state index in [1.54, 1.807) is 23.4 Å². The van der Waals surface area contributed by atoms with E-state index in [4.69, 9.17) is 4.74 Å². The fraction of sp³-hybridized carbons (Fsp3) is 0.261. The number of hydrogen-bond donors (Lipinski definition) is 0. The van der Waals surface area contributed by atoms with E-state index < -0.39 is 0 Å². The number of carbonyl (C=O) groups excluding carboxylic acids is 1. The van der Waals surface area contributed by atoms with Crippen molar-refractivity contribution in [2.75, 3.05) is 13.2 Å². The molecule has 0 N–H and O–H groups in total. The topological polar surface area (TPSA) is 55.3 Å². The first-order valence-corrected chi connectivity index (χ1v) is 9.55. The summed E-state index contributed by atoms with van der Waals surface area (Å²) in [4.78, 5) is 23.3. The molecule has 0 unspecified atom stereocenters. The van der Waals surface area contributed by atoms with Gasteiger partial charge >= 0.3 is 0 Å². The zero-order valence-corrected chi connectivity index (χ0v) is 16.0. The lowest BCUT2D eigenvalue weighted by Gasteiger charge is -2.19. The van der Waals surface area contributed by atoms with Gasteiger partial charge in [-0.2, -0.15) is 0 Å². The van der Waals surface area contributed by atoms with Gasteiger partial charge in [0.05, 0.1) is 18.7 Å². The first-order chi connectivity index (χ1) is 13.7. The third-order valence-electron chi connectivity index (χ3n) is 4.95. The van der Waals surface area contributed by atoms with Crippen LogP contribution in [0.4, 0.5) is 0 Å². The summed E-state index contributed by atoms with van der Waals surface area (Å²) in [5.74, 6) is 1.26. The van der Waals surface area contributed by atoms with E-state index >= 15 is 0 Å². The number of carbonyl (C=O) groups is 1. The van der Waals surface area contributed by atoms with Crippen LogP contribution in [0.1, 0.15) is 32.9 Å².